The monoisotopic (exact) mass is 285 g/mol. The summed E-state index contributed by atoms with van der Waals surface area (Å²) in [5, 5.41) is 5.15. The highest BCUT2D eigenvalue weighted by Gasteiger charge is 2.28. The predicted molar refractivity (Wildman–Crippen MR) is 79.6 cm³/mol. The lowest BCUT2D eigenvalue weighted by atomic mass is 9.77. The molecule has 1 nitrogen and oxygen atoms in total. The van der Waals surface area contributed by atoms with Gasteiger partial charge in [-0.15, -0.1) is 0 Å². The van der Waals surface area contributed by atoms with E-state index >= 15 is 0 Å². The molecule has 1 N–H and O–H groups in total. The summed E-state index contributed by atoms with van der Waals surface area (Å²) >= 11 is 12.5. The van der Waals surface area contributed by atoms with E-state index in [0.717, 1.165) is 35.5 Å². The Kier molecular flexibility index (Phi) is 4.94. The summed E-state index contributed by atoms with van der Waals surface area (Å²) in [6.07, 6.45) is 2.39. The molecule has 100 valence electrons. The summed E-state index contributed by atoms with van der Waals surface area (Å²) in [7, 11) is 0. The quantitative estimate of drug-likeness (QED) is 0.846. The molecule has 2 rings (SSSR count). The van der Waals surface area contributed by atoms with Crippen LogP contribution in [-0.2, 0) is 0 Å². The van der Waals surface area contributed by atoms with E-state index in [2.05, 4.69) is 19.2 Å². The molecule has 2 unspecified atom stereocenters. The smallest absolute Gasteiger partial charge is 0.0441 e. The van der Waals surface area contributed by atoms with E-state index in [9.17, 15) is 0 Å². The van der Waals surface area contributed by atoms with Crippen molar-refractivity contribution in [1.29, 1.82) is 0 Å². The SMILES string of the molecule is CC(C)CC1CNCCC1c1cc(Cl)ccc1Cl. The molecule has 0 spiro atoms. The second-order valence-electron chi connectivity index (χ2n) is 5.65. The van der Waals surface area contributed by atoms with Gasteiger partial charge >= 0.3 is 0 Å². The topological polar surface area (TPSA) is 12.0 Å². The molecule has 0 aromatic heterocycles. The molecule has 0 aliphatic carbocycles. The van der Waals surface area contributed by atoms with Crippen molar-refractivity contribution in [3.63, 3.8) is 0 Å². The Labute approximate surface area is 120 Å². The molecule has 1 aliphatic heterocycles. The Bertz CT molecular complexity index is 403. The predicted octanol–water partition coefficient (Wildman–Crippen LogP) is 4.73. The third-order valence-electron chi connectivity index (χ3n) is 3.74. The number of hydrogen-bond acceptors (Lipinski definition) is 1. The number of nitrogens with one attached hydrogen (secondary N) is 1. The maximum Gasteiger partial charge on any atom is 0.0441 e. The van der Waals surface area contributed by atoms with Gasteiger partial charge in [0.1, 0.15) is 0 Å². The summed E-state index contributed by atoms with van der Waals surface area (Å²) < 4.78 is 0. The van der Waals surface area contributed by atoms with E-state index < -0.39 is 0 Å². The summed E-state index contributed by atoms with van der Waals surface area (Å²) in [6, 6.07) is 5.84. The summed E-state index contributed by atoms with van der Waals surface area (Å²) in [5.74, 6) is 1.92. The second kappa shape index (κ2) is 6.27. The lowest BCUT2D eigenvalue weighted by Gasteiger charge is -2.34. The van der Waals surface area contributed by atoms with E-state index in [1.54, 1.807) is 0 Å². The van der Waals surface area contributed by atoms with Crippen molar-refractivity contribution < 1.29 is 0 Å². The van der Waals surface area contributed by atoms with Crippen LogP contribution < -0.4 is 5.32 Å². The first-order valence-electron chi connectivity index (χ1n) is 6.73. The fourth-order valence-electron chi connectivity index (χ4n) is 2.98. The Morgan fingerprint density at radius 3 is 2.83 bits per heavy atom. The first-order chi connectivity index (χ1) is 8.58. The third-order valence-corrected chi connectivity index (χ3v) is 4.32. The van der Waals surface area contributed by atoms with Crippen LogP contribution in [0.5, 0.6) is 0 Å². The van der Waals surface area contributed by atoms with Crippen LogP contribution in [0.4, 0.5) is 0 Å². The van der Waals surface area contributed by atoms with E-state index in [1.165, 1.54) is 12.0 Å². The number of rotatable bonds is 3. The minimum Gasteiger partial charge on any atom is -0.316 e. The number of piperidine rings is 1. The van der Waals surface area contributed by atoms with Crippen LogP contribution in [0.15, 0.2) is 18.2 Å². The van der Waals surface area contributed by atoms with Crippen LogP contribution >= 0.6 is 23.2 Å². The van der Waals surface area contributed by atoms with Crippen LogP contribution in [0.2, 0.25) is 10.0 Å². The zero-order chi connectivity index (χ0) is 13.1. The Balaban J connectivity index is 2.24. The maximum atomic E-state index is 6.35. The average molecular weight is 286 g/mol. The molecule has 2 atom stereocenters. The molecule has 0 radical (unpaired) electrons. The van der Waals surface area contributed by atoms with Gasteiger partial charge < -0.3 is 5.32 Å². The van der Waals surface area contributed by atoms with Gasteiger partial charge in [0.25, 0.3) is 0 Å². The van der Waals surface area contributed by atoms with Crippen LogP contribution in [0.3, 0.4) is 0 Å². The molecule has 1 saturated heterocycles. The van der Waals surface area contributed by atoms with Gasteiger partial charge in [0.15, 0.2) is 0 Å². The summed E-state index contributed by atoms with van der Waals surface area (Å²) in [5.41, 5.74) is 1.23. The molecule has 0 bridgehead atoms. The minimum atomic E-state index is 0.542. The zero-order valence-electron chi connectivity index (χ0n) is 11.0. The van der Waals surface area contributed by atoms with Crippen molar-refractivity contribution in [1.82, 2.24) is 5.32 Å². The minimum absolute atomic E-state index is 0.542. The normalized spacial score (nSPS) is 24.5. The van der Waals surface area contributed by atoms with E-state index in [-0.39, 0.29) is 0 Å². The van der Waals surface area contributed by atoms with E-state index in [4.69, 9.17) is 23.2 Å². The highest BCUT2D eigenvalue weighted by molar-refractivity contribution is 6.33. The highest BCUT2D eigenvalue weighted by atomic mass is 35.5. The molecule has 0 amide bonds. The summed E-state index contributed by atoms with van der Waals surface area (Å²) in [6.45, 7) is 6.73. The van der Waals surface area contributed by atoms with Crippen molar-refractivity contribution in [3.8, 4) is 0 Å². The Morgan fingerprint density at radius 1 is 1.33 bits per heavy atom. The van der Waals surface area contributed by atoms with Crippen molar-refractivity contribution in [2.45, 2.75) is 32.6 Å². The fraction of sp³-hybridized carbons (Fsp3) is 0.600. The average Bonchev–Trinajstić information content (AvgIpc) is 2.32. The maximum absolute atomic E-state index is 6.35. The molecule has 1 aliphatic rings. The van der Waals surface area contributed by atoms with Crippen LogP contribution in [0, 0.1) is 11.8 Å². The van der Waals surface area contributed by atoms with Gasteiger partial charge in [0, 0.05) is 10.0 Å². The van der Waals surface area contributed by atoms with Crippen molar-refractivity contribution in [2.24, 2.45) is 11.8 Å². The first kappa shape index (κ1) is 14.2. The van der Waals surface area contributed by atoms with Gasteiger partial charge in [-0.05, 0) is 67.4 Å². The second-order valence-corrected chi connectivity index (χ2v) is 6.50. The lowest BCUT2D eigenvalue weighted by Crippen LogP contribution is -2.36. The van der Waals surface area contributed by atoms with Crippen molar-refractivity contribution >= 4 is 23.2 Å². The van der Waals surface area contributed by atoms with Gasteiger partial charge in [-0.25, -0.2) is 0 Å². The highest BCUT2D eigenvalue weighted by Crippen LogP contribution is 2.38. The molecule has 1 heterocycles. The largest absolute Gasteiger partial charge is 0.316 e. The van der Waals surface area contributed by atoms with Crippen LogP contribution in [-0.4, -0.2) is 13.1 Å². The van der Waals surface area contributed by atoms with Crippen LogP contribution in [0.25, 0.3) is 0 Å². The molecule has 1 aromatic rings. The standard InChI is InChI=1S/C15H21Cl2N/c1-10(2)7-11-9-18-6-5-13(11)14-8-12(16)3-4-15(14)17/h3-4,8,10-11,13,18H,5-7,9H2,1-2H3. The Morgan fingerprint density at radius 2 is 2.11 bits per heavy atom. The third kappa shape index (κ3) is 3.40. The number of halogens is 2. The van der Waals surface area contributed by atoms with E-state index in [0.29, 0.717) is 11.8 Å². The zero-order valence-corrected chi connectivity index (χ0v) is 12.6. The Hall–Kier alpha value is -0.240. The number of hydrogen-bond donors (Lipinski definition) is 1. The van der Waals surface area contributed by atoms with Crippen molar-refractivity contribution in [3.05, 3.63) is 33.8 Å². The van der Waals surface area contributed by atoms with Gasteiger partial charge in [-0.3, -0.25) is 0 Å². The van der Waals surface area contributed by atoms with Gasteiger partial charge in [-0.2, -0.15) is 0 Å². The summed E-state index contributed by atoms with van der Waals surface area (Å²) in [4.78, 5) is 0. The molecular weight excluding hydrogens is 265 g/mol. The molecule has 3 heteroatoms. The first-order valence-corrected chi connectivity index (χ1v) is 7.49. The lowest BCUT2D eigenvalue weighted by molar-refractivity contribution is 0.280. The molecule has 0 saturated carbocycles. The molecule has 18 heavy (non-hydrogen) atoms. The molecular formula is C15H21Cl2N. The van der Waals surface area contributed by atoms with Gasteiger partial charge in [-0.1, -0.05) is 37.0 Å². The van der Waals surface area contributed by atoms with Gasteiger partial charge in [0.05, 0.1) is 0 Å². The molecule has 1 aromatic carbocycles. The fourth-order valence-corrected chi connectivity index (χ4v) is 3.42. The van der Waals surface area contributed by atoms with Gasteiger partial charge in [0.2, 0.25) is 0 Å². The van der Waals surface area contributed by atoms with Crippen LogP contribution in [0.1, 0.15) is 38.2 Å². The number of benzene rings is 1. The van der Waals surface area contributed by atoms with E-state index in [1.807, 2.05) is 18.2 Å². The molecule has 1 fully saturated rings. The van der Waals surface area contributed by atoms with Crippen molar-refractivity contribution in [2.75, 3.05) is 13.1 Å².